The monoisotopic (exact) mass is 275 g/mol. The van der Waals surface area contributed by atoms with Gasteiger partial charge in [-0.05, 0) is 18.9 Å². The summed E-state index contributed by atoms with van der Waals surface area (Å²) in [6.45, 7) is -0.0310. The van der Waals surface area contributed by atoms with Gasteiger partial charge >= 0.3 is 5.69 Å². The number of aromatic nitrogens is 2. The first-order chi connectivity index (χ1) is 9.72. The van der Waals surface area contributed by atoms with Gasteiger partial charge in [-0.15, -0.1) is 0 Å². The fraction of sp³-hybridized carbons (Fsp3) is 0.333. The highest BCUT2D eigenvalue weighted by Gasteiger charge is 2.31. The molecule has 1 aromatic heterocycles. The number of hydrogen-bond acceptors (Lipinski definition) is 7. The molecule has 2 aromatic rings. The van der Waals surface area contributed by atoms with Crippen molar-refractivity contribution in [3.05, 3.63) is 28.1 Å². The maximum Gasteiger partial charge on any atom is 0.315 e. The van der Waals surface area contributed by atoms with Gasteiger partial charge in [-0.25, -0.2) is 0 Å². The van der Waals surface area contributed by atoms with Crippen molar-refractivity contribution in [1.82, 2.24) is 10.1 Å². The van der Waals surface area contributed by atoms with E-state index >= 15 is 0 Å². The van der Waals surface area contributed by atoms with E-state index in [0.29, 0.717) is 23.1 Å². The number of fused-ring (bicyclic) bond motifs is 1. The second-order valence-electron chi connectivity index (χ2n) is 4.72. The summed E-state index contributed by atoms with van der Waals surface area (Å²) in [6, 6.07) is 2.97. The number of nitro groups is 1. The molecule has 0 radical (unpaired) electrons. The standard InChI is InChI=1S/C12H9N3O5/c16-15(17)8-3-7(4-9-10(8)19-5-18-9)12-13-11(14-20-12)6-1-2-6/h3-4,6H,1-2,5H2. The normalized spacial score (nSPS) is 16.4. The molecule has 0 N–H and O–H groups in total. The number of nitrogens with zero attached hydrogens (tertiary/aromatic N) is 3. The molecule has 102 valence electrons. The average Bonchev–Trinajstić information content (AvgIpc) is 3.00. The van der Waals surface area contributed by atoms with Gasteiger partial charge in [0.15, 0.2) is 11.6 Å². The Morgan fingerprint density at radius 1 is 1.30 bits per heavy atom. The first kappa shape index (κ1) is 11.2. The second-order valence-corrected chi connectivity index (χ2v) is 4.72. The Hall–Kier alpha value is -2.64. The SMILES string of the molecule is O=[N+]([O-])c1cc(-c2nc(C3CC3)no2)cc2c1OCO2. The topological polar surface area (TPSA) is 101 Å². The first-order valence-corrected chi connectivity index (χ1v) is 6.14. The molecule has 1 aliphatic heterocycles. The molecule has 0 bridgehead atoms. The van der Waals surface area contributed by atoms with E-state index in [2.05, 4.69) is 10.1 Å². The molecule has 8 heteroatoms. The second kappa shape index (κ2) is 3.92. The van der Waals surface area contributed by atoms with Crippen LogP contribution in [0.25, 0.3) is 11.5 Å². The summed E-state index contributed by atoms with van der Waals surface area (Å²) in [4.78, 5) is 14.8. The van der Waals surface area contributed by atoms with Crippen molar-refractivity contribution in [1.29, 1.82) is 0 Å². The Morgan fingerprint density at radius 3 is 2.90 bits per heavy atom. The number of hydrogen-bond donors (Lipinski definition) is 0. The van der Waals surface area contributed by atoms with E-state index in [0.717, 1.165) is 12.8 Å². The van der Waals surface area contributed by atoms with Crippen molar-refractivity contribution >= 4 is 5.69 Å². The minimum atomic E-state index is -0.519. The van der Waals surface area contributed by atoms with Crippen LogP contribution in [0.3, 0.4) is 0 Å². The summed E-state index contributed by atoms with van der Waals surface area (Å²) >= 11 is 0. The molecule has 0 atom stereocenters. The molecule has 2 aliphatic rings. The zero-order valence-corrected chi connectivity index (χ0v) is 10.2. The molecule has 1 fully saturated rings. The van der Waals surface area contributed by atoms with Crippen molar-refractivity contribution in [3.63, 3.8) is 0 Å². The van der Waals surface area contributed by atoms with E-state index in [4.69, 9.17) is 14.0 Å². The van der Waals surface area contributed by atoms with E-state index in [-0.39, 0.29) is 24.1 Å². The van der Waals surface area contributed by atoms with Gasteiger partial charge in [-0.3, -0.25) is 10.1 Å². The van der Waals surface area contributed by atoms with E-state index in [1.54, 1.807) is 6.07 Å². The first-order valence-electron chi connectivity index (χ1n) is 6.14. The van der Waals surface area contributed by atoms with Gasteiger partial charge in [-0.2, -0.15) is 4.98 Å². The molecule has 0 amide bonds. The molecule has 4 rings (SSSR count). The summed E-state index contributed by atoms with van der Waals surface area (Å²) in [6.07, 6.45) is 2.11. The molecular weight excluding hydrogens is 266 g/mol. The van der Waals surface area contributed by atoms with Crippen LogP contribution in [0.15, 0.2) is 16.7 Å². The third-order valence-corrected chi connectivity index (χ3v) is 3.28. The number of benzene rings is 1. The van der Waals surface area contributed by atoms with Crippen molar-refractivity contribution < 1.29 is 18.9 Å². The predicted molar refractivity (Wildman–Crippen MR) is 64.5 cm³/mol. The third kappa shape index (κ3) is 1.68. The highest BCUT2D eigenvalue weighted by Crippen LogP contribution is 2.44. The Kier molecular flexibility index (Phi) is 2.20. The van der Waals surface area contributed by atoms with Gasteiger partial charge < -0.3 is 14.0 Å². The van der Waals surface area contributed by atoms with Crippen molar-refractivity contribution in [2.75, 3.05) is 6.79 Å². The number of nitro benzene ring substituents is 1. The largest absolute Gasteiger partial charge is 0.453 e. The fourth-order valence-corrected chi connectivity index (χ4v) is 2.11. The molecule has 1 saturated carbocycles. The zero-order valence-electron chi connectivity index (χ0n) is 10.2. The van der Waals surface area contributed by atoms with Crippen LogP contribution in [0.4, 0.5) is 5.69 Å². The summed E-state index contributed by atoms with van der Waals surface area (Å²) in [7, 11) is 0. The van der Waals surface area contributed by atoms with Crippen LogP contribution in [-0.4, -0.2) is 21.9 Å². The van der Waals surface area contributed by atoms with E-state index in [1.165, 1.54) is 6.07 Å². The lowest BCUT2D eigenvalue weighted by Gasteiger charge is -2.00. The summed E-state index contributed by atoms with van der Waals surface area (Å²) in [5.74, 6) is 1.73. The van der Waals surface area contributed by atoms with Gasteiger partial charge in [0.1, 0.15) is 0 Å². The lowest BCUT2D eigenvalue weighted by atomic mass is 10.1. The predicted octanol–water partition coefficient (Wildman–Crippen LogP) is 2.25. The number of ether oxygens (including phenoxy) is 2. The van der Waals surface area contributed by atoms with Crippen LogP contribution < -0.4 is 9.47 Å². The maximum absolute atomic E-state index is 11.1. The zero-order chi connectivity index (χ0) is 13.7. The summed E-state index contributed by atoms with van der Waals surface area (Å²) in [5.41, 5.74) is 0.293. The van der Waals surface area contributed by atoms with Crippen LogP contribution >= 0.6 is 0 Å². The molecule has 20 heavy (non-hydrogen) atoms. The van der Waals surface area contributed by atoms with Crippen LogP contribution in [0, 0.1) is 10.1 Å². The number of rotatable bonds is 3. The third-order valence-electron chi connectivity index (χ3n) is 3.28. The highest BCUT2D eigenvalue weighted by atomic mass is 16.7. The van der Waals surface area contributed by atoms with Crippen molar-refractivity contribution in [2.45, 2.75) is 18.8 Å². The Morgan fingerprint density at radius 2 is 2.15 bits per heavy atom. The van der Waals surface area contributed by atoms with E-state index < -0.39 is 4.92 Å². The van der Waals surface area contributed by atoms with Gasteiger partial charge in [-0.1, -0.05) is 5.16 Å². The van der Waals surface area contributed by atoms with E-state index in [1.807, 2.05) is 0 Å². The summed E-state index contributed by atoms with van der Waals surface area (Å²) in [5, 5.41) is 15.0. The molecule has 0 spiro atoms. The van der Waals surface area contributed by atoms with Crippen LogP contribution in [-0.2, 0) is 0 Å². The molecule has 2 heterocycles. The minimum absolute atomic E-state index is 0.0310. The lowest BCUT2D eigenvalue weighted by molar-refractivity contribution is -0.385. The van der Waals surface area contributed by atoms with Crippen LogP contribution in [0.2, 0.25) is 0 Å². The highest BCUT2D eigenvalue weighted by molar-refractivity contribution is 5.69. The fourth-order valence-electron chi connectivity index (χ4n) is 2.11. The van der Waals surface area contributed by atoms with Crippen molar-refractivity contribution in [2.24, 2.45) is 0 Å². The maximum atomic E-state index is 11.1. The molecule has 1 aliphatic carbocycles. The smallest absolute Gasteiger partial charge is 0.315 e. The molecule has 0 saturated heterocycles. The molecule has 1 aromatic carbocycles. The van der Waals surface area contributed by atoms with Gasteiger partial charge in [0.25, 0.3) is 5.89 Å². The van der Waals surface area contributed by atoms with Gasteiger partial charge in [0.05, 0.1) is 10.5 Å². The minimum Gasteiger partial charge on any atom is -0.453 e. The lowest BCUT2D eigenvalue weighted by Crippen LogP contribution is -1.95. The summed E-state index contributed by atoms with van der Waals surface area (Å²) < 4.78 is 15.5. The van der Waals surface area contributed by atoms with E-state index in [9.17, 15) is 10.1 Å². The Bertz CT molecular complexity index is 707. The molecule has 0 unspecified atom stereocenters. The Labute approximate surface area is 112 Å². The Balaban J connectivity index is 1.80. The molecular formula is C12H9N3O5. The van der Waals surface area contributed by atoms with Crippen LogP contribution in [0.5, 0.6) is 11.5 Å². The van der Waals surface area contributed by atoms with Gasteiger partial charge in [0, 0.05) is 12.0 Å². The average molecular weight is 275 g/mol. The quantitative estimate of drug-likeness (QED) is 0.625. The van der Waals surface area contributed by atoms with Crippen LogP contribution in [0.1, 0.15) is 24.6 Å². The van der Waals surface area contributed by atoms with Gasteiger partial charge in [0.2, 0.25) is 12.5 Å². The molecule has 8 nitrogen and oxygen atoms in total. The van der Waals surface area contributed by atoms with Crippen molar-refractivity contribution in [3.8, 4) is 23.0 Å².